The lowest BCUT2D eigenvalue weighted by atomic mass is 9.85. The molecule has 276 valence electrons. The number of hydrogen-bond donors (Lipinski definition) is 0. The Bertz CT molecular complexity index is 2670. The van der Waals surface area contributed by atoms with Gasteiger partial charge in [0.1, 0.15) is 11.4 Å². The molecule has 0 atom stereocenters. The summed E-state index contributed by atoms with van der Waals surface area (Å²) < 4.78 is 6.49. The molecule has 58 heavy (non-hydrogen) atoms. The van der Waals surface area contributed by atoms with Gasteiger partial charge in [-0.1, -0.05) is 152 Å². The van der Waals surface area contributed by atoms with Crippen molar-refractivity contribution in [2.24, 2.45) is 0 Å². The Labute approximate surface area is 339 Å². The van der Waals surface area contributed by atoms with E-state index in [1.807, 2.05) is 36.4 Å². The van der Waals surface area contributed by atoms with Crippen LogP contribution in [0.15, 0.2) is 200 Å². The first-order valence-corrected chi connectivity index (χ1v) is 19.7. The molecule has 1 aromatic heterocycles. The summed E-state index contributed by atoms with van der Waals surface area (Å²) in [6.07, 6.45) is 0. The predicted molar refractivity (Wildman–Crippen MR) is 237 cm³/mol. The summed E-state index contributed by atoms with van der Waals surface area (Å²) in [4.78, 5) is 16.0. The Morgan fingerprint density at radius 1 is 0.310 bits per heavy atom. The fraction of sp³-hybridized carbons (Fsp3) is 0.0556. The first-order valence-electron chi connectivity index (χ1n) is 19.7. The van der Waals surface area contributed by atoms with Crippen LogP contribution in [0.25, 0.3) is 89.8 Å². The molecule has 4 heteroatoms. The number of benzene rings is 8. The summed E-state index contributed by atoms with van der Waals surface area (Å²) in [6, 6.07) is 70.0. The lowest BCUT2D eigenvalue weighted by Gasteiger charge is -2.35. The third-order valence-corrected chi connectivity index (χ3v) is 10.9. The van der Waals surface area contributed by atoms with E-state index in [4.69, 9.17) is 19.7 Å². The van der Waals surface area contributed by atoms with E-state index in [2.05, 4.69) is 178 Å². The summed E-state index contributed by atoms with van der Waals surface area (Å²) in [7, 11) is 0. The number of rotatable bonds is 7. The minimum atomic E-state index is -0.505. The van der Waals surface area contributed by atoms with Gasteiger partial charge in [0.25, 0.3) is 0 Å². The van der Waals surface area contributed by atoms with Gasteiger partial charge in [0.2, 0.25) is 0 Å². The van der Waals surface area contributed by atoms with Crippen LogP contribution in [0.3, 0.4) is 0 Å². The molecule has 0 unspecified atom stereocenters. The number of fused-ring (bicyclic) bond motifs is 3. The molecule has 0 bridgehead atoms. The zero-order valence-corrected chi connectivity index (χ0v) is 32.3. The van der Waals surface area contributed by atoms with Crippen LogP contribution in [0, 0.1) is 0 Å². The summed E-state index contributed by atoms with van der Waals surface area (Å²) in [6.45, 7) is 4.24. The molecule has 0 N–H and O–H groups in total. The summed E-state index contributed by atoms with van der Waals surface area (Å²) in [5.41, 5.74) is 14.3. The largest absolute Gasteiger partial charge is 0.482 e. The molecular formula is C54H39N3O. The molecule has 2 heterocycles. The predicted octanol–water partition coefficient (Wildman–Crippen LogP) is 13.8. The lowest BCUT2D eigenvalue weighted by molar-refractivity contribution is 0.106. The van der Waals surface area contributed by atoms with Crippen molar-refractivity contribution in [1.82, 2.24) is 15.0 Å². The topological polar surface area (TPSA) is 47.9 Å². The molecule has 0 aliphatic carbocycles. The van der Waals surface area contributed by atoms with Crippen LogP contribution < -0.4 is 4.74 Å². The van der Waals surface area contributed by atoms with E-state index >= 15 is 0 Å². The monoisotopic (exact) mass is 745 g/mol. The van der Waals surface area contributed by atoms with Crippen LogP contribution in [0.4, 0.5) is 0 Å². The van der Waals surface area contributed by atoms with E-state index in [9.17, 15) is 0 Å². The van der Waals surface area contributed by atoms with Crippen molar-refractivity contribution >= 4 is 0 Å². The first kappa shape index (κ1) is 35.0. The molecule has 0 spiro atoms. The Balaban J connectivity index is 1.22. The third kappa shape index (κ3) is 6.75. The second-order valence-corrected chi connectivity index (χ2v) is 15.2. The summed E-state index contributed by atoms with van der Waals surface area (Å²) in [5, 5.41) is 0. The van der Waals surface area contributed by atoms with Crippen LogP contribution in [0.5, 0.6) is 5.75 Å². The molecular weight excluding hydrogens is 707 g/mol. The minimum Gasteiger partial charge on any atom is -0.482 e. The molecule has 0 saturated carbocycles. The van der Waals surface area contributed by atoms with Gasteiger partial charge in [-0.25, -0.2) is 15.0 Å². The highest BCUT2D eigenvalue weighted by Gasteiger charge is 2.32. The maximum Gasteiger partial charge on any atom is 0.164 e. The van der Waals surface area contributed by atoms with Gasteiger partial charge >= 0.3 is 0 Å². The molecule has 0 saturated heterocycles. The standard InChI is InChI=1S/C54H39N3O/c1-54(2)49-28-27-40(35-48(49)47-25-15-16-26-50(47)58-54)51-55-52(45-31-41(36-17-7-3-8-18-36)29-42(32-45)37-19-9-4-10-20-37)57-53(56-51)46-33-43(38-21-11-5-12-22-38)30-44(34-46)39-23-13-6-14-24-39/h3-35H,1-2H3. The van der Waals surface area contributed by atoms with Crippen molar-refractivity contribution in [2.75, 3.05) is 0 Å². The number of ether oxygens (including phenoxy) is 1. The van der Waals surface area contributed by atoms with Crippen molar-refractivity contribution < 1.29 is 4.74 Å². The molecule has 0 amide bonds. The fourth-order valence-electron chi connectivity index (χ4n) is 8.00. The zero-order valence-electron chi connectivity index (χ0n) is 32.3. The smallest absolute Gasteiger partial charge is 0.164 e. The molecule has 0 radical (unpaired) electrons. The van der Waals surface area contributed by atoms with Crippen molar-refractivity contribution in [3.05, 3.63) is 206 Å². The van der Waals surface area contributed by atoms with Crippen molar-refractivity contribution in [3.63, 3.8) is 0 Å². The van der Waals surface area contributed by atoms with E-state index in [1.165, 1.54) is 0 Å². The maximum atomic E-state index is 6.49. The van der Waals surface area contributed by atoms with Crippen LogP contribution in [0.2, 0.25) is 0 Å². The third-order valence-electron chi connectivity index (χ3n) is 10.9. The van der Waals surface area contributed by atoms with Gasteiger partial charge in [-0.3, -0.25) is 0 Å². The number of hydrogen-bond acceptors (Lipinski definition) is 4. The summed E-state index contributed by atoms with van der Waals surface area (Å²) in [5.74, 6) is 2.67. The van der Waals surface area contributed by atoms with E-state index in [0.717, 1.165) is 83.6 Å². The summed E-state index contributed by atoms with van der Waals surface area (Å²) >= 11 is 0. The minimum absolute atomic E-state index is 0.505. The van der Waals surface area contributed by atoms with E-state index in [-0.39, 0.29) is 0 Å². The van der Waals surface area contributed by atoms with E-state index in [0.29, 0.717) is 17.5 Å². The van der Waals surface area contributed by atoms with Crippen molar-refractivity contribution in [3.8, 4) is 95.5 Å². The number of aromatic nitrogens is 3. The average Bonchev–Trinajstić information content (AvgIpc) is 3.29. The van der Waals surface area contributed by atoms with Crippen molar-refractivity contribution in [2.45, 2.75) is 19.4 Å². The Kier molecular flexibility index (Phi) is 8.80. The van der Waals surface area contributed by atoms with Gasteiger partial charge in [-0.15, -0.1) is 0 Å². The molecule has 10 rings (SSSR count). The zero-order chi connectivity index (χ0) is 39.1. The second kappa shape index (κ2) is 14.6. The quantitative estimate of drug-likeness (QED) is 0.163. The van der Waals surface area contributed by atoms with Gasteiger partial charge in [-0.05, 0) is 112 Å². The van der Waals surface area contributed by atoms with Crippen LogP contribution in [-0.4, -0.2) is 15.0 Å². The molecule has 1 aliphatic rings. The highest BCUT2D eigenvalue weighted by molar-refractivity contribution is 5.84. The molecule has 9 aromatic rings. The highest BCUT2D eigenvalue weighted by Crippen LogP contribution is 2.46. The molecule has 0 fully saturated rings. The van der Waals surface area contributed by atoms with Crippen LogP contribution in [-0.2, 0) is 5.60 Å². The molecule has 8 aromatic carbocycles. The number of nitrogens with zero attached hydrogens (tertiary/aromatic N) is 3. The maximum absolute atomic E-state index is 6.49. The Morgan fingerprint density at radius 3 is 1.10 bits per heavy atom. The van der Waals surface area contributed by atoms with Gasteiger partial charge < -0.3 is 4.74 Å². The molecule has 4 nitrogen and oxygen atoms in total. The number of para-hydroxylation sites is 1. The van der Waals surface area contributed by atoms with E-state index < -0.39 is 5.60 Å². The average molecular weight is 746 g/mol. The van der Waals surface area contributed by atoms with E-state index in [1.54, 1.807) is 0 Å². The van der Waals surface area contributed by atoms with Crippen LogP contribution >= 0.6 is 0 Å². The normalized spacial score (nSPS) is 12.6. The van der Waals surface area contributed by atoms with Crippen LogP contribution in [0.1, 0.15) is 19.4 Å². The van der Waals surface area contributed by atoms with Gasteiger partial charge in [0.05, 0.1) is 0 Å². The fourth-order valence-corrected chi connectivity index (χ4v) is 8.00. The second-order valence-electron chi connectivity index (χ2n) is 15.2. The van der Waals surface area contributed by atoms with Crippen molar-refractivity contribution in [1.29, 1.82) is 0 Å². The molecule has 1 aliphatic heterocycles. The van der Waals surface area contributed by atoms with Gasteiger partial charge in [0.15, 0.2) is 17.5 Å². The Morgan fingerprint density at radius 2 is 0.672 bits per heavy atom. The first-order chi connectivity index (χ1) is 28.4. The Hall–Kier alpha value is -7.43. The SMILES string of the molecule is CC1(C)Oc2ccccc2-c2cc(-c3nc(-c4cc(-c5ccccc5)cc(-c5ccccc5)c4)nc(-c4cc(-c5ccccc5)cc(-c5ccccc5)c4)n3)ccc21. The van der Waals surface area contributed by atoms with Gasteiger partial charge in [-0.2, -0.15) is 0 Å². The van der Waals surface area contributed by atoms with Gasteiger partial charge in [0, 0.05) is 27.8 Å². The highest BCUT2D eigenvalue weighted by atomic mass is 16.5. The lowest BCUT2D eigenvalue weighted by Crippen LogP contribution is -2.29.